The van der Waals surface area contributed by atoms with E-state index in [1.165, 1.54) is 0 Å². The first-order valence-corrected chi connectivity index (χ1v) is 7.97. The monoisotopic (exact) mass is 285 g/mol. The van der Waals surface area contributed by atoms with Gasteiger partial charge in [-0.25, -0.2) is 17.9 Å². The van der Waals surface area contributed by atoms with Gasteiger partial charge in [0.1, 0.15) is 15.0 Å². The van der Waals surface area contributed by atoms with Gasteiger partial charge >= 0.3 is 0 Å². The molecule has 1 fully saturated rings. The van der Waals surface area contributed by atoms with Crippen LogP contribution in [-0.4, -0.2) is 34.5 Å². The lowest BCUT2D eigenvalue weighted by Gasteiger charge is -2.18. The highest BCUT2D eigenvalue weighted by Crippen LogP contribution is 2.27. The molecule has 1 aliphatic rings. The third-order valence-corrected chi connectivity index (χ3v) is 5.25. The van der Waals surface area contributed by atoms with Crippen molar-refractivity contribution in [3.8, 4) is 0 Å². The van der Waals surface area contributed by atoms with Crippen LogP contribution in [0.3, 0.4) is 0 Å². The number of halogens is 1. The summed E-state index contributed by atoms with van der Waals surface area (Å²) in [5.41, 5.74) is 0.700. The molecule has 0 radical (unpaired) electrons. The number of hydrogen-bond acceptors (Lipinski definition) is 4. The number of aromatic nitrogens is 3. The van der Waals surface area contributed by atoms with E-state index < -0.39 is 9.84 Å². The Balaban J connectivity index is 1.94. The molecule has 96 valence electrons. The summed E-state index contributed by atoms with van der Waals surface area (Å²) < 4.78 is 24.4. The van der Waals surface area contributed by atoms with Crippen LogP contribution in [-0.2, 0) is 9.84 Å². The Kier molecular flexibility index (Phi) is 2.79. The third kappa shape index (κ3) is 2.10. The summed E-state index contributed by atoms with van der Waals surface area (Å²) >= 11 is 6.02. The average Bonchev–Trinajstić information content (AvgIpc) is 2.74. The number of pyridine rings is 1. The van der Waals surface area contributed by atoms with Gasteiger partial charge in [-0.3, -0.25) is 0 Å². The topological polar surface area (TPSA) is 64.3 Å². The fourth-order valence-electron chi connectivity index (χ4n) is 2.21. The molecular formula is C11H12ClN3O2S. The number of sulfone groups is 1. The van der Waals surface area contributed by atoms with Crippen LogP contribution < -0.4 is 0 Å². The SMILES string of the molecule is O=S1(=O)CCC(c2nc3cccc(Cl)n3n2)CC1. The quantitative estimate of drug-likeness (QED) is 0.748. The minimum absolute atomic E-state index is 0.115. The van der Waals surface area contributed by atoms with Gasteiger partial charge in [0.25, 0.3) is 0 Å². The zero-order chi connectivity index (χ0) is 12.8. The Morgan fingerprint density at radius 2 is 2.00 bits per heavy atom. The lowest BCUT2D eigenvalue weighted by atomic mass is 10.0. The molecule has 3 rings (SSSR count). The third-order valence-electron chi connectivity index (χ3n) is 3.25. The fourth-order valence-corrected chi connectivity index (χ4v) is 3.90. The number of fused-ring (bicyclic) bond motifs is 1. The Bertz CT molecular complexity index is 681. The molecule has 7 heteroatoms. The second-order valence-electron chi connectivity index (χ2n) is 4.51. The molecule has 1 aliphatic heterocycles. The molecule has 0 unspecified atom stereocenters. The molecule has 0 aliphatic carbocycles. The molecule has 0 bridgehead atoms. The van der Waals surface area contributed by atoms with Crippen LogP contribution >= 0.6 is 11.6 Å². The molecule has 1 saturated heterocycles. The van der Waals surface area contributed by atoms with Crippen molar-refractivity contribution in [1.82, 2.24) is 14.6 Å². The van der Waals surface area contributed by atoms with E-state index in [1.54, 1.807) is 10.6 Å². The van der Waals surface area contributed by atoms with Crippen LogP contribution in [0, 0.1) is 0 Å². The Morgan fingerprint density at radius 1 is 1.28 bits per heavy atom. The van der Waals surface area contributed by atoms with E-state index in [1.807, 2.05) is 12.1 Å². The van der Waals surface area contributed by atoms with Gasteiger partial charge < -0.3 is 0 Å². The summed E-state index contributed by atoms with van der Waals surface area (Å²) in [5, 5.41) is 4.87. The van der Waals surface area contributed by atoms with E-state index in [0.29, 0.717) is 29.5 Å². The highest BCUT2D eigenvalue weighted by molar-refractivity contribution is 7.91. The minimum atomic E-state index is -2.85. The first kappa shape index (κ1) is 11.9. The molecule has 0 N–H and O–H groups in total. The Hall–Kier alpha value is -1.14. The molecule has 2 aromatic heterocycles. The van der Waals surface area contributed by atoms with Crippen LogP contribution in [0.25, 0.3) is 5.65 Å². The van der Waals surface area contributed by atoms with Gasteiger partial charge in [0.15, 0.2) is 11.5 Å². The highest BCUT2D eigenvalue weighted by Gasteiger charge is 2.27. The van der Waals surface area contributed by atoms with Gasteiger partial charge in [-0.2, -0.15) is 0 Å². The summed E-state index contributed by atoms with van der Waals surface area (Å²) in [5.74, 6) is 1.25. The van der Waals surface area contributed by atoms with Crippen molar-refractivity contribution >= 4 is 27.1 Å². The van der Waals surface area contributed by atoms with Crippen molar-refractivity contribution < 1.29 is 8.42 Å². The van der Waals surface area contributed by atoms with Crippen molar-refractivity contribution in [2.45, 2.75) is 18.8 Å². The van der Waals surface area contributed by atoms with E-state index in [-0.39, 0.29) is 17.4 Å². The maximum Gasteiger partial charge on any atom is 0.157 e. The molecule has 0 atom stereocenters. The lowest BCUT2D eigenvalue weighted by Crippen LogP contribution is -2.22. The van der Waals surface area contributed by atoms with Crippen LogP contribution in [0.15, 0.2) is 18.2 Å². The standard InChI is InChI=1S/C11H12ClN3O2S/c12-9-2-1-3-10-13-11(14-15(9)10)8-4-6-18(16,17)7-5-8/h1-3,8H,4-7H2. The lowest BCUT2D eigenvalue weighted by molar-refractivity contribution is 0.537. The van der Waals surface area contributed by atoms with Crippen molar-refractivity contribution in [2.75, 3.05) is 11.5 Å². The molecule has 18 heavy (non-hydrogen) atoms. The van der Waals surface area contributed by atoms with E-state index in [9.17, 15) is 8.42 Å². The van der Waals surface area contributed by atoms with E-state index in [4.69, 9.17) is 11.6 Å². The largest absolute Gasteiger partial charge is 0.229 e. The summed E-state index contributed by atoms with van der Waals surface area (Å²) in [7, 11) is -2.85. The molecule has 0 aromatic carbocycles. The molecule has 5 nitrogen and oxygen atoms in total. The average molecular weight is 286 g/mol. The zero-order valence-corrected chi connectivity index (χ0v) is 11.2. The van der Waals surface area contributed by atoms with Crippen molar-refractivity contribution in [3.05, 3.63) is 29.2 Å². The summed E-state index contributed by atoms with van der Waals surface area (Å²) in [6.45, 7) is 0. The van der Waals surface area contributed by atoms with E-state index in [0.717, 1.165) is 0 Å². The van der Waals surface area contributed by atoms with Crippen LogP contribution in [0.4, 0.5) is 0 Å². The molecule has 3 heterocycles. The van der Waals surface area contributed by atoms with E-state index in [2.05, 4.69) is 10.1 Å². The molecule has 0 amide bonds. The van der Waals surface area contributed by atoms with E-state index >= 15 is 0 Å². The number of nitrogens with zero attached hydrogens (tertiary/aromatic N) is 3. The first-order chi connectivity index (χ1) is 8.55. The van der Waals surface area contributed by atoms with Crippen molar-refractivity contribution in [1.29, 1.82) is 0 Å². The fraction of sp³-hybridized carbons (Fsp3) is 0.455. The van der Waals surface area contributed by atoms with Crippen molar-refractivity contribution in [2.24, 2.45) is 0 Å². The smallest absolute Gasteiger partial charge is 0.157 e. The van der Waals surface area contributed by atoms with Crippen molar-refractivity contribution in [3.63, 3.8) is 0 Å². The number of rotatable bonds is 1. The summed E-state index contributed by atoms with van der Waals surface area (Å²) in [6.07, 6.45) is 1.19. The maximum absolute atomic E-state index is 11.4. The van der Waals surface area contributed by atoms with Gasteiger partial charge in [0.2, 0.25) is 0 Å². The van der Waals surface area contributed by atoms with Gasteiger partial charge in [-0.05, 0) is 25.0 Å². The second kappa shape index (κ2) is 4.20. The normalized spacial score (nSPS) is 20.3. The van der Waals surface area contributed by atoms with Gasteiger partial charge in [0, 0.05) is 5.92 Å². The molecule has 0 saturated carbocycles. The van der Waals surface area contributed by atoms with Crippen LogP contribution in [0.5, 0.6) is 0 Å². The first-order valence-electron chi connectivity index (χ1n) is 5.77. The van der Waals surface area contributed by atoms with Gasteiger partial charge in [-0.1, -0.05) is 17.7 Å². The van der Waals surface area contributed by atoms with Gasteiger partial charge in [-0.15, -0.1) is 5.10 Å². The predicted molar refractivity (Wildman–Crippen MR) is 68.6 cm³/mol. The Morgan fingerprint density at radius 3 is 2.67 bits per heavy atom. The molecule has 0 spiro atoms. The maximum atomic E-state index is 11.4. The molecular weight excluding hydrogens is 274 g/mol. The highest BCUT2D eigenvalue weighted by atomic mass is 35.5. The Labute approximate surface area is 110 Å². The zero-order valence-electron chi connectivity index (χ0n) is 9.58. The molecule has 2 aromatic rings. The van der Waals surface area contributed by atoms with Gasteiger partial charge in [0.05, 0.1) is 11.5 Å². The minimum Gasteiger partial charge on any atom is -0.229 e. The number of hydrogen-bond donors (Lipinski definition) is 0. The summed E-state index contributed by atoms with van der Waals surface area (Å²) in [4.78, 5) is 4.42. The predicted octanol–water partition coefficient (Wildman–Crippen LogP) is 1.67. The van der Waals surface area contributed by atoms with Crippen LogP contribution in [0.2, 0.25) is 5.15 Å². The summed E-state index contributed by atoms with van der Waals surface area (Å²) in [6, 6.07) is 5.40. The second-order valence-corrected chi connectivity index (χ2v) is 7.21. The van der Waals surface area contributed by atoms with Crippen LogP contribution in [0.1, 0.15) is 24.6 Å².